The number of halogens is 1. The van der Waals surface area contributed by atoms with Crippen LogP contribution in [0.2, 0.25) is 5.02 Å². The molecule has 0 spiro atoms. The number of amides is 1. The first kappa shape index (κ1) is 22.7. The van der Waals surface area contributed by atoms with E-state index in [1.54, 1.807) is 13.3 Å². The van der Waals surface area contributed by atoms with E-state index < -0.39 is 5.91 Å². The van der Waals surface area contributed by atoms with Crippen molar-refractivity contribution in [1.82, 2.24) is 14.9 Å². The van der Waals surface area contributed by atoms with Gasteiger partial charge in [0.15, 0.2) is 5.43 Å². The van der Waals surface area contributed by atoms with Crippen LogP contribution in [-0.4, -0.2) is 29.1 Å². The molecule has 1 N–H and O–H groups in total. The monoisotopic (exact) mass is 439 g/mol. The summed E-state index contributed by atoms with van der Waals surface area (Å²) in [5.41, 5.74) is 3.03. The molecule has 162 valence electrons. The number of carbonyl (C=O) groups excluding carboxylic acids is 1. The lowest BCUT2D eigenvalue weighted by Crippen LogP contribution is -2.34. The fourth-order valence-corrected chi connectivity index (χ4v) is 3.77. The molecule has 0 unspecified atom stereocenters. The molecule has 0 atom stereocenters. The van der Waals surface area contributed by atoms with Gasteiger partial charge in [0.05, 0.1) is 12.3 Å². The Morgan fingerprint density at radius 2 is 1.94 bits per heavy atom. The summed E-state index contributed by atoms with van der Waals surface area (Å²) in [7, 11) is 1.55. The summed E-state index contributed by atoms with van der Waals surface area (Å²) in [5, 5.41) is 3.54. The van der Waals surface area contributed by atoms with E-state index in [-0.39, 0.29) is 17.6 Å². The molecule has 0 aliphatic heterocycles. The van der Waals surface area contributed by atoms with Crippen molar-refractivity contribution in [2.45, 2.75) is 32.9 Å². The molecule has 3 rings (SSSR count). The molecule has 0 bridgehead atoms. The lowest BCUT2D eigenvalue weighted by Gasteiger charge is -2.20. The van der Waals surface area contributed by atoms with Crippen LogP contribution in [0.5, 0.6) is 0 Å². The normalized spacial score (nSPS) is 10.8. The summed E-state index contributed by atoms with van der Waals surface area (Å²) >= 11 is 6.29. The first-order chi connectivity index (χ1) is 15.0. The van der Waals surface area contributed by atoms with E-state index in [1.165, 1.54) is 6.07 Å². The summed E-state index contributed by atoms with van der Waals surface area (Å²) in [4.78, 5) is 29.9. The van der Waals surface area contributed by atoms with Gasteiger partial charge in [0.2, 0.25) is 0 Å². The molecule has 0 saturated heterocycles. The zero-order valence-corrected chi connectivity index (χ0v) is 18.5. The van der Waals surface area contributed by atoms with Crippen molar-refractivity contribution in [3.63, 3.8) is 0 Å². The molecule has 6 nitrogen and oxygen atoms in total. The smallest absolute Gasteiger partial charge is 0.257 e. The zero-order chi connectivity index (χ0) is 22.2. The predicted molar refractivity (Wildman–Crippen MR) is 122 cm³/mol. The maximum atomic E-state index is 12.9. The third-order valence-electron chi connectivity index (χ3n) is 5.09. The first-order valence-corrected chi connectivity index (χ1v) is 10.5. The lowest BCUT2D eigenvalue weighted by molar-refractivity contribution is 0.0945. The molecule has 3 aromatic rings. The van der Waals surface area contributed by atoms with Crippen LogP contribution in [0.4, 0.5) is 0 Å². The van der Waals surface area contributed by atoms with Crippen molar-refractivity contribution < 1.29 is 9.53 Å². The predicted octanol–water partition coefficient (Wildman–Crippen LogP) is 3.57. The highest BCUT2D eigenvalue weighted by atomic mass is 35.5. The SMILES string of the molecule is COCc1c(C(=O)NCCc2ccccn2)c(=O)cc(C)n1CCc1ccccc1Cl. The van der Waals surface area contributed by atoms with Crippen LogP contribution in [0.15, 0.2) is 59.5 Å². The number of carbonyl (C=O) groups is 1. The van der Waals surface area contributed by atoms with Gasteiger partial charge in [0.1, 0.15) is 5.56 Å². The Bertz CT molecular complexity index is 1100. The largest absolute Gasteiger partial charge is 0.378 e. The minimum absolute atomic E-state index is 0.118. The average molecular weight is 440 g/mol. The number of benzene rings is 1. The van der Waals surface area contributed by atoms with E-state index in [0.717, 1.165) is 17.0 Å². The van der Waals surface area contributed by atoms with E-state index in [9.17, 15) is 9.59 Å². The highest BCUT2D eigenvalue weighted by Gasteiger charge is 2.20. The van der Waals surface area contributed by atoms with Gasteiger partial charge in [-0.1, -0.05) is 35.9 Å². The van der Waals surface area contributed by atoms with Crippen LogP contribution >= 0.6 is 11.6 Å². The van der Waals surface area contributed by atoms with E-state index >= 15 is 0 Å². The van der Waals surface area contributed by atoms with Gasteiger partial charge in [-0.05, 0) is 37.1 Å². The zero-order valence-electron chi connectivity index (χ0n) is 17.7. The number of nitrogens with one attached hydrogen (secondary N) is 1. The molecule has 0 fully saturated rings. The number of aromatic nitrogens is 2. The molecule has 7 heteroatoms. The molecule has 0 aliphatic carbocycles. The van der Waals surface area contributed by atoms with Gasteiger partial charge < -0.3 is 14.6 Å². The third kappa shape index (κ3) is 5.81. The van der Waals surface area contributed by atoms with Crippen molar-refractivity contribution in [2.24, 2.45) is 0 Å². The average Bonchev–Trinajstić information content (AvgIpc) is 2.75. The number of rotatable bonds is 9. The van der Waals surface area contributed by atoms with Gasteiger partial charge >= 0.3 is 0 Å². The summed E-state index contributed by atoms with van der Waals surface area (Å²) < 4.78 is 7.30. The van der Waals surface area contributed by atoms with Crippen LogP contribution < -0.4 is 10.7 Å². The van der Waals surface area contributed by atoms with E-state index in [4.69, 9.17) is 16.3 Å². The number of pyridine rings is 2. The van der Waals surface area contributed by atoms with Crippen LogP contribution in [0, 0.1) is 6.92 Å². The Morgan fingerprint density at radius 3 is 2.65 bits per heavy atom. The minimum Gasteiger partial charge on any atom is -0.378 e. The second-order valence-corrected chi connectivity index (χ2v) is 7.63. The molecule has 2 heterocycles. The van der Waals surface area contributed by atoms with Crippen LogP contribution in [0.1, 0.15) is 33.0 Å². The second kappa shape index (κ2) is 10.9. The fraction of sp³-hybridized carbons (Fsp3) is 0.292. The van der Waals surface area contributed by atoms with Gasteiger partial charge in [0, 0.05) is 55.3 Å². The number of hydrogen-bond donors (Lipinski definition) is 1. The maximum Gasteiger partial charge on any atom is 0.257 e. The highest BCUT2D eigenvalue weighted by Crippen LogP contribution is 2.18. The van der Waals surface area contributed by atoms with Crippen molar-refractivity contribution in [3.8, 4) is 0 Å². The van der Waals surface area contributed by atoms with Gasteiger partial charge in [-0.2, -0.15) is 0 Å². The Morgan fingerprint density at radius 1 is 1.16 bits per heavy atom. The van der Waals surface area contributed by atoms with Gasteiger partial charge in [-0.25, -0.2) is 0 Å². The van der Waals surface area contributed by atoms with Gasteiger partial charge in [-0.3, -0.25) is 14.6 Å². The first-order valence-electron chi connectivity index (χ1n) is 10.1. The quantitative estimate of drug-likeness (QED) is 0.553. The maximum absolute atomic E-state index is 12.9. The molecular formula is C24H26ClN3O3. The van der Waals surface area contributed by atoms with Crippen LogP contribution in [0.25, 0.3) is 0 Å². The Balaban J connectivity index is 1.83. The van der Waals surface area contributed by atoms with Crippen molar-refractivity contribution in [2.75, 3.05) is 13.7 Å². The number of methoxy groups -OCH3 is 1. The van der Waals surface area contributed by atoms with E-state index in [1.807, 2.05) is 54.0 Å². The van der Waals surface area contributed by atoms with Crippen molar-refractivity contribution in [3.05, 3.63) is 98.2 Å². The highest BCUT2D eigenvalue weighted by molar-refractivity contribution is 6.31. The summed E-state index contributed by atoms with van der Waals surface area (Å²) in [6, 6.07) is 14.8. The molecule has 0 saturated carbocycles. The molecular weight excluding hydrogens is 414 g/mol. The van der Waals surface area contributed by atoms with Gasteiger partial charge in [-0.15, -0.1) is 0 Å². The number of ether oxygens (including phenoxy) is 1. The van der Waals surface area contributed by atoms with Crippen molar-refractivity contribution in [1.29, 1.82) is 0 Å². The molecule has 1 aromatic carbocycles. The fourth-order valence-electron chi connectivity index (χ4n) is 3.54. The number of nitrogens with zero attached hydrogens (tertiary/aromatic N) is 2. The van der Waals surface area contributed by atoms with Crippen molar-refractivity contribution >= 4 is 17.5 Å². The Kier molecular flexibility index (Phi) is 7.98. The minimum atomic E-state index is -0.403. The van der Waals surface area contributed by atoms with E-state index in [0.29, 0.717) is 36.6 Å². The topological polar surface area (TPSA) is 73.2 Å². The molecule has 1 amide bonds. The molecule has 0 radical (unpaired) electrons. The lowest BCUT2D eigenvalue weighted by atomic mass is 10.1. The number of aryl methyl sites for hydroxylation is 2. The molecule has 2 aromatic heterocycles. The molecule has 31 heavy (non-hydrogen) atoms. The van der Waals surface area contributed by atoms with E-state index in [2.05, 4.69) is 10.3 Å². The van der Waals surface area contributed by atoms with Crippen LogP contribution in [-0.2, 0) is 30.7 Å². The second-order valence-electron chi connectivity index (χ2n) is 7.22. The van der Waals surface area contributed by atoms with Crippen LogP contribution in [0.3, 0.4) is 0 Å². The summed E-state index contributed by atoms with van der Waals surface area (Å²) in [6.45, 7) is 2.97. The Hall–Kier alpha value is -2.96. The Labute approximate surface area is 186 Å². The van der Waals surface area contributed by atoms with Gasteiger partial charge in [0.25, 0.3) is 5.91 Å². The summed E-state index contributed by atoms with van der Waals surface area (Å²) in [5.74, 6) is -0.403. The molecule has 0 aliphatic rings. The standard InChI is InChI=1S/C24H26ClN3O3/c1-17-15-22(29)23(24(30)27-13-10-19-8-5-6-12-26-19)21(16-31-2)28(17)14-11-18-7-3-4-9-20(18)25/h3-9,12,15H,10-11,13-14,16H2,1-2H3,(H,27,30). The summed E-state index contributed by atoms with van der Waals surface area (Å²) in [6.07, 6.45) is 2.96. The third-order valence-corrected chi connectivity index (χ3v) is 5.46. The number of hydrogen-bond acceptors (Lipinski definition) is 4.